The molecule has 24 heavy (non-hydrogen) atoms. The molecule has 0 aliphatic carbocycles. The Bertz CT molecular complexity index is 727. The molecule has 122 valence electrons. The molecule has 3 rings (SSSR count). The first-order valence-corrected chi connectivity index (χ1v) is 9.09. The number of carboxylic acid groups (broad SMARTS) is 1. The predicted molar refractivity (Wildman–Crippen MR) is 103 cm³/mol. The second kappa shape index (κ2) is 9.00. The van der Waals surface area contributed by atoms with Gasteiger partial charge in [-0.25, -0.2) is 0 Å². The molecule has 0 aliphatic rings. The molecule has 3 aromatic rings. The van der Waals surface area contributed by atoms with Gasteiger partial charge in [0, 0.05) is 6.92 Å². The molecule has 2 nitrogen and oxygen atoms in total. The van der Waals surface area contributed by atoms with Gasteiger partial charge in [0.2, 0.25) is 0 Å². The molecule has 0 spiro atoms. The number of aryl methyl sites for hydroxylation is 1. The van der Waals surface area contributed by atoms with Crippen molar-refractivity contribution >= 4 is 29.8 Å². The highest BCUT2D eigenvalue weighted by molar-refractivity contribution is 7.79. The third-order valence-corrected chi connectivity index (χ3v) is 6.00. The molecule has 0 fully saturated rings. The maximum Gasteiger partial charge on any atom is 0.300 e. The molecule has 1 N–H and O–H groups in total. The van der Waals surface area contributed by atoms with Crippen LogP contribution in [-0.2, 0) is 4.79 Å². The normalized spacial score (nSPS) is 9.96. The Morgan fingerprint density at radius 2 is 1.12 bits per heavy atom. The second-order valence-electron chi connectivity index (χ2n) is 5.31. The van der Waals surface area contributed by atoms with Gasteiger partial charge in [0.25, 0.3) is 5.97 Å². The Morgan fingerprint density at radius 1 is 0.750 bits per heavy atom. The Hall–Kier alpha value is -2.44. The van der Waals surface area contributed by atoms with Crippen LogP contribution in [0.25, 0.3) is 0 Å². The summed E-state index contributed by atoms with van der Waals surface area (Å²) in [6.45, 7) is 3.29. The molecule has 0 aromatic heterocycles. The molecular weight excluding hydrogens is 315 g/mol. The molecule has 0 radical (unpaired) electrons. The van der Waals surface area contributed by atoms with E-state index in [0.29, 0.717) is 0 Å². The molecule has 3 heteroatoms. The van der Waals surface area contributed by atoms with E-state index in [-0.39, 0.29) is 0 Å². The summed E-state index contributed by atoms with van der Waals surface area (Å²) in [6, 6.07) is 30.4. The van der Waals surface area contributed by atoms with Crippen LogP contribution in [0, 0.1) is 6.92 Å². The van der Waals surface area contributed by atoms with Crippen LogP contribution in [0.5, 0.6) is 0 Å². The van der Waals surface area contributed by atoms with Gasteiger partial charge < -0.3 is 5.11 Å². The quantitative estimate of drug-likeness (QED) is 0.738. The van der Waals surface area contributed by atoms with Gasteiger partial charge in [-0.05, 0) is 36.3 Å². The van der Waals surface area contributed by atoms with Crippen molar-refractivity contribution in [3.05, 3.63) is 90.5 Å². The highest BCUT2D eigenvalue weighted by atomic mass is 31.1. The van der Waals surface area contributed by atoms with Crippen molar-refractivity contribution in [2.75, 3.05) is 0 Å². The van der Waals surface area contributed by atoms with Crippen molar-refractivity contribution in [1.82, 2.24) is 0 Å². The summed E-state index contributed by atoms with van der Waals surface area (Å²) in [5.41, 5.74) is 1.37. The van der Waals surface area contributed by atoms with Gasteiger partial charge in [0.05, 0.1) is 0 Å². The lowest BCUT2D eigenvalue weighted by Gasteiger charge is -2.21. The minimum absolute atomic E-state index is 0.467. The molecule has 3 aromatic carbocycles. The van der Waals surface area contributed by atoms with E-state index in [4.69, 9.17) is 9.90 Å². The molecule has 0 unspecified atom stereocenters. The summed E-state index contributed by atoms with van der Waals surface area (Å²) in [4.78, 5) is 9.00. The SMILES string of the molecule is CC(=O)O.Cc1ccccc1P(c1ccccc1)c1ccccc1. The van der Waals surface area contributed by atoms with Gasteiger partial charge in [-0.15, -0.1) is 0 Å². The molecule has 0 heterocycles. The van der Waals surface area contributed by atoms with Crippen molar-refractivity contribution in [2.24, 2.45) is 0 Å². The van der Waals surface area contributed by atoms with E-state index in [0.717, 1.165) is 6.92 Å². The van der Waals surface area contributed by atoms with Gasteiger partial charge >= 0.3 is 0 Å². The van der Waals surface area contributed by atoms with Crippen LogP contribution >= 0.6 is 7.92 Å². The first-order valence-electron chi connectivity index (χ1n) is 7.75. The van der Waals surface area contributed by atoms with Gasteiger partial charge in [-0.2, -0.15) is 0 Å². The molecule has 0 bridgehead atoms. The fraction of sp³-hybridized carbons (Fsp3) is 0.0952. The lowest BCUT2D eigenvalue weighted by Crippen LogP contribution is -2.22. The van der Waals surface area contributed by atoms with Gasteiger partial charge in [-0.1, -0.05) is 84.9 Å². The number of hydrogen-bond acceptors (Lipinski definition) is 1. The van der Waals surface area contributed by atoms with Crippen molar-refractivity contribution in [1.29, 1.82) is 0 Å². The van der Waals surface area contributed by atoms with E-state index < -0.39 is 13.9 Å². The Balaban J connectivity index is 0.000000471. The van der Waals surface area contributed by atoms with E-state index >= 15 is 0 Å². The number of rotatable bonds is 3. The molecule has 0 aliphatic heterocycles. The zero-order chi connectivity index (χ0) is 17.4. The van der Waals surface area contributed by atoms with Crippen LogP contribution < -0.4 is 15.9 Å². The van der Waals surface area contributed by atoms with Crippen LogP contribution in [0.4, 0.5) is 0 Å². The maximum absolute atomic E-state index is 9.00. The van der Waals surface area contributed by atoms with Gasteiger partial charge in [0.15, 0.2) is 0 Å². The minimum atomic E-state index is -0.833. The van der Waals surface area contributed by atoms with Crippen LogP contribution in [-0.4, -0.2) is 11.1 Å². The number of carbonyl (C=O) groups is 1. The molecular formula is C21H21O2P. The standard InChI is InChI=1S/C19H17P.C2H4O2/c1-16-10-8-9-15-19(16)20(17-11-4-2-5-12-17)18-13-6-3-7-14-18;1-2(3)4/h2-15H,1H3;1H3,(H,3,4). The average molecular weight is 336 g/mol. The van der Waals surface area contributed by atoms with E-state index in [2.05, 4.69) is 91.9 Å². The highest BCUT2D eigenvalue weighted by Gasteiger charge is 2.17. The van der Waals surface area contributed by atoms with Crippen LogP contribution in [0.3, 0.4) is 0 Å². The van der Waals surface area contributed by atoms with Gasteiger partial charge in [0.1, 0.15) is 0 Å². The summed E-state index contributed by atoms with van der Waals surface area (Å²) in [6.07, 6.45) is 0. The van der Waals surface area contributed by atoms with E-state index in [1.165, 1.54) is 21.5 Å². The van der Waals surface area contributed by atoms with Gasteiger partial charge in [-0.3, -0.25) is 4.79 Å². The summed E-state index contributed by atoms with van der Waals surface area (Å²) in [7, 11) is -0.467. The smallest absolute Gasteiger partial charge is 0.300 e. The summed E-state index contributed by atoms with van der Waals surface area (Å²) < 4.78 is 0. The lowest BCUT2D eigenvalue weighted by molar-refractivity contribution is -0.134. The number of aliphatic carboxylic acids is 1. The van der Waals surface area contributed by atoms with Crippen molar-refractivity contribution in [3.8, 4) is 0 Å². The molecule has 0 saturated carbocycles. The van der Waals surface area contributed by atoms with Crippen LogP contribution in [0.1, 0.15) is 12.5 Å². The highest BCUT2D eigenvalue weighted by Crippen LogP contribution is 2.33. The Labute approximate surface area is 144 Å². The predicted octanol–water partition coefficient (Wildman–Crippen LogP) is 3.84. The van der Waals surface area contributed by atoms with E-state index in [1.54, 1.807) is 0 Å². The molecule has 0 saturated heterocycles. The lowest BCUT2D eigenvalue weighted by atomic mass is 10.2. The second-order valence-corrected chi connectivity index (χ2v) is 7.50. The largest absolute Gasteiger partial charge is 0.481 e. The average Bonchev–Trinajstić information content (AvgIpc) is 2.58. The van der Waals surface area contributed by atoms with E-state index in [1.807, 2.05) is 0 Å². The number of hydrogen-bond donors (Lipinski definition) is 1. The first kappa shape index (κ1) is 17.9. The number of carboxylic acids is 1. The fourth-order valence-electron chi connectivity index (χ4n) is 2.40. The van der Waals surface area contributed by atoms with Crippen molar-refractivity contribution < 1.29 is 9.90 Å². The summed E-state index contributed by atoms with van der Waals surface area (Å²) in [5.74, 6) is -0.833. The Morgan fingerprint density at radius 3 is 1.54 bits per heavy atom. The zero-order valence-corrected chi connectivity index (χ0v) is 14.8. The summed E-state index contributed by atoms with van der Waals surface area (Å²) in [5, 5.41) is 11.7. The van der Waals surface area contributed by atoms with Crippen LogP contribution in [0.15, 0.2) is 84.9 Å². The zero-order valence-electron chi connectivity index (χ0n) is 13.9. The maximum atomic E-state index is 9.00. The van der Waals surface area contributed by atoms with Crippen molar-refractivity contribution in [3.63, 3.8) is 0 Å². The molecule has 0 amide bonds. The number of benzene rings is 3. The third kappa shape index (κ3) is 5.04. The fourth-order valence-corrected chi connectivity index (χ4v) is 4.85. The topological polar surface area (TPSA) is 37.3 Å². The van der Waals surface area contributed by atoms with E-state index in [9.17, 15) is 0 Å². The Kier molecular flexibility index (Phi) is 6.72. The third-order valence-electron chi connectivity index (χ3n) is 3.39. The van der Waals surface area contributed by atoms with Crippen molar-refractivity contribution in [2.45, 2.75) is 13.8 Å². The molecule has 0 atom stereocenters. The monoisotopic (exact) mass is 336 g/mol. The first-order chi connectivity index (χ1) is 11.6. The minimum Gasteiger partial charge on any atom is -0.481 e. The van der Waals surface area contributed by atoms with Crippen LogP contribution in [0.2, 0.25) is 0 Å². The summed E-state index contributed by atoms with van der Waals surface area (Å²) >= 11 is 0.